The molecule has 0 aliphatic heterocycles. The summed E-state index contributed by atoms with van der Waals surface area (Å²) in [5.74, 6) is -1.63. The molecule has 2 nitrogen and oxygen atoms in total. The molecule has 0 aromatic heterocycles. The minimum atomic E-state index is -0.830. The molecule has 4 heteroatoms. The molecule has 17 heavy (non-hydrogen) atoms. The standard InChI is InChI=1S/C13H19F2NO/c1-9(2)16(7-10(3)17)8-11-5-4-6-12(14)13(11)15/h4-6,9-10,17H,7-8H2,1-3H3. The fourth-order valence-corrected chi connectivity index (χ4v) is 1.69. The van der Waals surface area contributed by atoms with Crippen LogP contribution < -0.4 is 0 Å². The lowest BCUT2D eigenvalue weighted by atomic mass is 10.1. The number of hydrogen-bond donors (Lipinski definition) is 1. The molecule has 0 aliphatic carbocycles. The summed E-state index contributed by atoms with van der Waals surface area (Å²) < 4.78 is 26.5. The quantitative estimate of drug-likeness (QED) is 0.859. The molecular weight excluding hydrogens is 224 g/mol. The molecule has 1 rings (SSSR count). The first-order valence-corrected chi connectivity index (χ1v) is 5.76. The number of aliphatic hydroxyl groups excluding tert-OH is 1. The highest BCUT2D eigenvalue weighted by molar-refractivity contribution is 5.18. The second-order valence-corrected chi connectivity index (χ2v) is 4.59. The van der Waals surface area contributed by atoms with Gasteiger partial charge in [0.1, 0.15) is 0 Å². The Morgan fingerprint density at radius 3 is 2.41 bits per heavy atom. The lowest BCUT2D eigenvalue weighted by Crippen LogP contribution is -2.36. The number of benzene rings is 1. The highest BCUT2D eigenvalue weighted by atomic mass is 19.2. The van der Waals surface area contributed by atoms with Crippen molar-refractivity contribution in [1.82, 2.24) is 4.90 Å². The van der Waals surface area contributed by atoms with E-state index in [1.54, 1.807) is 13.0 Å². The van der Waals surface area contributed by atoms with E-state index in [2.05, 4.69) is 0 Å². The van der Waals surface area contributed by atoms with Gasteiger partial charge in [0, 0.05) is 24.7 Å². The van der Waals surface area contributed by atoms with Gasteiger partial charge in [-0.1, -0.05) is 12.1 Å². The van der Waals surface area contributed by atoms with Crippen LogP contribution in [0.25, 0.3) is 0 Å². The fraction of sp³-hybridized carbons (Fsp3) is 0.538. The predicted octanol–water partition coefficient (Wildman–Crippen LogP) is 2.56. The van der Waals surface area contributed by atoms with Crippen LogP contribution >= 0.6 is 0 Å². The van der Waals surface area contributed by atoms with Crippen molar-refractivity contribution >= 4 is 0 Å². The van der Waals surface area contributed by atoms with Crippen molar-refractivity contribution in [2.75, 3.05) is 6.54 Å². The van der Waals surface area contributed by atoms with E-state index in [-0.39, 0.29) is 6.04 Å². The summed E-state index contributed by atoms with van der Waals surface area (Å²) in [4.78, 5) is 1.91. The van der Waals surface area contributed by atoms with E-state index in [1.807, 2.05) is 18.7 Å². The Hall–Kier alpha value is -1.00. The van der Waals surface area contributed by atoms with Crippen molar-refractivity contribution in [2.24, 2.45) is 0 Å². The van der Waals surface area contributed by atoms with Crippen molar-refractivity contribution in [2.45, 2.75) is 39.5 Å². The summed E-state index contributed by atoms with van der Waals surface area (Å²) in [6, 6.07) is 4.32. The minimum absolute atomic E-state index is 0.160. The topological polar surface area (TPSA) is 23.5 Å². The molecule has 0 bridgehead atoms. The van der Waals surface area contributed by atoms with Gasteiger partial charge in [-0.05, 0) is 26.8 Å². The van der Waals surface area contributed by atoms with E-state index < -0.39 is 17.7 Å². The molecule has 0 radical (unpaired) electrons. The number of hydrogen-bond acceptors (Lipinski definition) is 2. The Labute approximate surface area is 101 Å². The average molecular weight is 243 g/mol. The average Bonchev–Trinajstić information content (AvgIpc) is 2.22. The van der Waals surface area contributed by atoms with Crippen LogP contribution in [0.5, 0.6) is 0 Å². The maximum atomic E-state index is 13.5. The van der Waals surface area contributed by atoms with E-state index in [0.29, 0.717) is 18.7 Å². The number of halogens is 2. The van der Waals surface area contributed by atoms with Gasteiger partial charge in [0.25, 0.3) is 0 Å². The van der Waals surface area contributed by atoms with Crippen molar-refractivity contribution in [1.29, 1.82) is 0 Å². The second kappa shape index (κ2) is 6.07. The summed E-state index contributed by atoms with van der Waals surface area (Å²) >= 11 is 0. The molecule has 0 saturated heterocycles. The summed E-state index contributed by atoms with van der Waals surface area (Å²) in [5, 5.41) is 9.36. The lowest BCUT2D eigenvalue weighted by Gasteiger charge is -2.27. The van der Waals surface area contributed by atoms with Crippen molar-refractivity contribution in [3.05, 3.63) is 35.4 Å². The molecule has 0 fully saturated rings. The molecule has 0 saturated carbocycles. The highest BCUT2D eigenvalue weighted by Gasteiger charge is 2.16. The van der Waals surface area contributed by atoms with Gasteiger partial charge < -0.3 is 5.11 Å². The van der Waals surface area contributed by atoms with Crippen molar-refractivity contribution < 1.29 is 13.9 Å². The number of aliphatic hydroxyl groups is 1. The van der Waals surface area contributed by atoms with Crippen molar-refractivity contribution in [3.8, 4) is 0 Å². The SMILES string of the molecule is CC(O)CN(Cc1cccc(F)c1F)C(C)C. The summed E-state index contributed by atoms with van der Waals surface area (Å²) in [6.45, 7) is 6.33. The normalized spacial score (nSPS) is 13.4. The van der Waals surface area contributed by atoms with Crippen LogP contribution in [0.4, 0.5) is 8.78 Å². The van der Waals surface area contributed by atoms with Crippen LogP contribution in [0.3, 0.4) is 0 Å². The van der Waals surface area contributed by atoms with E-state index >= 15 is 0 Å². The molecule has 0 spiro atoms. The molecule has 96 valence electrons. The third-order valence-corrected chi connectivity index (χ3v) is 2.63. The van der Waals surface area contributed by atoms with Gasteiger partial charge in [-0.25, -0.2) is 8.78 Å². The Bertz CT molecular complexity index is 366. The smallest absolute Gasteiger partial charge is 0.163 e. The molecule has 1 atom stereocenters. The molecule has 0 aliphatic rings. The minimum Gasteiger partial charge on any atom is -0.392 e. The van der Waals surface area contributed by atoms with E-state index in [1.165, 1.54) is 6.07 Å². The summed E-state index contributed by atoms with van der Waals surface area (Å²) in [7, 11) is 0. The van der Waals surface area contributed by atoms with E-state index in [4.69, 9.17) is 0 Å². The Morgan fingerprint density at radius 2 is 1.88 bits per heavy atom. The van der Waals surface area contributed by atoms with Crippen LogP contribution in [0.15, 0.2) is 18.2 Å². The Kier molecular flexibility index (Phi) is 5.02. The molecule has 1 aromatic rings. The van der Waals surface area contributed by atoms with Crippen LogP contribution in [0, 0.1) is 11.6 Å². The third kappa shape index (κ3) is 4.06. The first-order chi connectivity index (χ1) is 7.91. The van der Waals surface area contributed by atoms with Gasteiger partial charge in [0.05, 0.1) is 6.10 Å². The molecule has 0 heterocycles. The molecule has 0 amide bonds. The van der Waals surface area contributed by atoms with Gasteiger partial charge in [0.2, 0.25) is 0 Å². The number of nitrogens with zero attached hydrogens (tertiary/aromatic N) is 1. The summed E-state index contributed by atoms with van der Waals surface area (Å²) in [5.41, 5.74) is 0.319. The van der Waals surface area contributed by atoms with Gasteiger partial charge in [0.15, 0.2) is 11.6 Å². The highest BCUT2D eigenvalue weighted by Crippen LogP contribution is 2.15. The van der Waals surface area contributed by atoms with Crippen LogP contribution in [0.2, 0.25) is 0 Å². The van der Waals surface area contributed by atoms with Crippen LogP contribution in [-0.4, -0.2) is 28.7 Å². The monoisotopic (exact) mass is 243 g/mol. The maximum absolute atomic E-state index is 13.5. The van der Waals surface area contributed by atoms with Gasteiger partial charge in [-0.15, -0.1) is 0 Å². The largest absolute Gasteiger partial charge is 0.392 e. The zero-order valence-electron chi connectivity index (χ0n) is 10.5. The molecule has 1 N–H and O–H groups in total. The predicted molar refractivity (Wildman–Crippen MR) is 63.6 cm³/mol. The van der Waals surface area contributed by atoms with Crippen molar-refractivity contribution in [3.63, 3.8) is 0 Å². The van der Waals surface area contributed by atoms with Gasteiger partial charge in [-0.2, -0.15) is 0 Å². The molecular formula is C13H19F2NO. The zero-order chi connectivity index (χ0) is 13.0. The first kappa shape index (κ1) is 14.1. The second-order valence-electron chi connectivity index (χ2n) is 4.59. The summed E-state index contributed by atoms with van der Waals surface area (Å²) in [6.07, 6.45) is -0.492. The first-order valence-electron chi connectivity index (χ1n) is 5.76. The number of rotatable bonds is 5. The third-order valence-electron chi connectivity index (χ3n) is 2.63. The van der Waals surface area contributed by atoms with Crippen LogP contribution in [0.1, 0.15) is 26.3 Å². The fourth-order valence-electron chi connectivity index (χ4n) is 1.69. The molecule has 1 aromatic carbocycles. The maximum Gasteiger partial charge on any atom is 0.163 e. The zero-order valence-corrected chi connectivity index (χ0v) is 10.5. The van der Waals surface area contributed by atoms with Gasteiger partial charge in [-0.3, -0.25) is 4.90 Å². The Balaban J connectivity index is 2.82. The molecule has 1 unspecified atom stereocenters. The van der Waals surface area contributed by atoms with Gasteiger partial charge >= 0.3 is 0 Å². The van der Waals surface area contributed by atoms with Crippen LogP contribution in [-0.2, 0) is 6.54 Å². The Morgan fingerprint density at radius 1 is 1.24 bits per heavy atom. The lowest BCUT2D eigenvalue weighted by molar-refractivity contribution is 0.102. The van der Waals surface area contributed by atoms with E-state index in [9.17, 15) is 13.9 Å². The van der Waals surface area contributed by atoms with E-state index in [0.717, 1.165) is 6.07 Å².